The Bertz CT molecular complexity index is 1400. The molecule has 2 aliphatic heterocycles. The average molecular weight is 501 g/mol. The molecule has 2 atom stereocenters. The van der Waals surface area contributed by atoms with Crippen molar-refractivity contribution in [3.05, 3.63) is 35.4 Å². The summed E-state index contributed by atoms with van der Waals surface area (Å²) in [5.74, 6) is 3.76. The summed E-state index contributed by atoms with van der Waals surface area (Å²) in [5, 5.41) is 3.57. The van der Waals surface area contributed by atoms with Crippen LogP contribution in [0.25, 0.3) is 28.6 Å². The van der Waals surface area contributed by atoms with E-state index in [4.69, 9.17) is 9.72 Å². The van der Waals surface area contributed by atoms with Crippen LogP contribution in [0.4, 0.5) is 5.82 Å². The molecule has 0 spiro atoms. The van der Waals surface area contributed by atoms with Gasteiger partial charge in [0.15, 0.2) is 5.82 Å². The van der Waals surface area contributed by atoms with Crippen LogP contribution in [0.2, 0.25) is 0 Å². The first-order chi connectivity index (χ1) is 18.0. The number of aliphatic imine (C=N–C) groups is 1. The van der Waals surface area contributed by atoms with E-state index >= 15 is 0 Å². The van der Waals surface area contributed by atoms with Gasteiger partial charge >= 0.3 is 0 Å². The van der Waals surface area contributed by atoms with E-state index in [1.165, 1.54) is 19.3 Å². The van der Waals surface area contributed by atoms with Crippen LogP contribution in [0.5, 0.6) is 5.75 Å². The van der Waals surface area contributed by atoms with Crippen LogP contribution in [-0.2, 0) is 13.6 Å². The molecule has 1 aliphatic carbocycles. The highest BCUT2D eigenvalue weighted by atomic mass is 16.5. The topological polar surface area (TPSA) is 76.7 Å². The summed E-state index contributed by atoms with van der Waals surface area (Å²) in [6.07, 6.45) is 8.84. The first kappa shape index (κ1) is 24.0. The molecule has 194 valence electrons. The summed E-state index contributed by atoms with van der Waals surface area (Å²) >= 11 is 0. The fraction of sp³-hybridized carbons (Fsp3) is 0.483. The number of carbonyl (C=O) groups excluding carboxylic acids is 1. The summed E-state index contributed by atoms with van der Waals surface area (Å²) in [5.41, 5.74) is 4.30. The second-order valence-corrected chi connectivity index (χ2v) is 10.7. The van der Waals surface area contributed by atoms with Gasteiger partial charge in [-0.15, -0.1) is 0 Å². The molecule has 0 unspecified atom stereocenters. The Balaban J connectivity index is 1.42. The van der Waals surface area contributed by atoms with Crippen molar-refractivity contribution in [3.63, 3.8) is 0 Å². The van der Waals surface area contributed by atoms with Crippen LogP contribution in [0.15, 0.2) is 29.3 Å². The zero-order valence-electron chi connectivity index (χ0n) is 22.0. The van der Waals surface area contributed by atoms with Gasteiger partial charge in [0, 0.05) is 43.9 Å². The molecule has 8 heteroatoms. The number of amides is 1. The Morgan fingerprint density at radius 2 is 2.11 bits per heavy atom. The monoisotopic (exact) mass is 500 g/mol. The molecule has 2 saturated heterocycles. The fourth-order valence-electron chi connectivity index (χ4n) is 6.18. The second-order valence-electron chi connectivity index (χ2n) is 10.7. The number of benzene rings is 1. The number of carbonyl (C=O) groups is 1. The fourth-order valence-corrected chi connectivity index (χ4v) is 6.18. The van der Waals surface area contributed by atoms with Gasteiger partial charge in [0.2, 0.25) is 0 Å². The van der Waals surface area contributed by atoms with E-state index in [1.807, 2.05) is 37.1 Å². The normalized spacial score (nSPS) is 21.6. The number of nitrogens with one attached hydrogen (secondary N) is 1. The minimum Gasteiger partial charge on any atom is -0.494 e. The molecular formula is C29H36N6O2. The van der Waals surface area contributed by atoms with Crippen LogP contribution >= 0.6 is 0 Å². The quantitative estimate of drug-likeness (QED) is 0.479. The maximum atomic E-state index is 13.6. The molecule has 0 radical (unpaired) electrons. The standard InChI is InChI=1S/C29H36N6O2/c1-5-6-20-14-24(35(27(20)30-2)16-18-7-8-18)28-32-22-13-21(15-25(37-4)26(22)33(28)3)29(36)34-12-10-19-9-11-31-23(19)17-34/h5-6,13-15,18-19,23,31H,2,7-12,16-17H2,1,3-4H3/b6-5-/t19-,23+/m0/s1. The van der Waals surface area contributed by atoms with Gasteiger partial charge in [-0.25, -0.2) is 9.98 Å². The van der Waals surface area contributed by atoms with Crippen LogP contribution in [0, 0.1) is 11.8 Å². The van der Waals surface area contributed by atoms with Crippen molar-refractivity contribution in [2.75, 3.05) is 26.7 Å². The lowest BCUT2D eigenvalue weighted by Gasteiger charge is -2.35. The first-order valence-electron chi connectivity index (χ1n) is 13.4. The number of aryl methyl sites for hydroxylation is 1. The van der Waals surface area contributed by atoms with Gasteiger partial charge in [-0.05, 0) is 75.9 Å². The molecule has 4 heterocycles. The SMILES string of the molecule is C=Nc1c(/C=C\C)cc(-c2nc3cc(C(=O)N4CC[C@@H]5CCN[C@@H]5C4)cc(OC)c3n2C)n1CC1CC1. The van der Waals surface area contributed by atoms with Crippen molar-refractivity contribution in [2.24, 2.45) is 23.9 Å². The van der Waals surface area contributed by atoms with Crippen LogP contribution in [0.1, 0.15) is 48.5 Å². The third-order valence-electron chi connectivity index (χ3n) is 8.33. The van der Waals surface area contributed by atoms with E-state index in [-0.39, 0.29) is 5.91 Å². The molecule has 3 aromatic rings. The predicted octanol–water partition coefficient (Wildman–Crippen LogP) is 4.65. The van der Waals surface area contributed by atoms with Gasteiger partial charge in [0.05, 0.1) is 18.3 Å². The molecule has 8 nitrogen and oxygen atoms in total. The molecule has 0 bridgehead atoms. The van der Waals surface area contributed by atoms with Gasteiger partial charge < -0.3 is 24.1 Å². The smallest absolute Gasteiger partial charge is 0.254 e. The number of imidazole rings is 1. The van der Waals surface area contributed by atoms with Crippen LogP contribution in [0.3, 0.4) is 0 Å². The summed E-state index contributed by atoms with van der Waals surface area (Å²) in [4.78, 5) is 25.0. The van der Waals surface area contributed by atoms with E-state index in [0.717, 1.165) is 66.5 Å². The lowest BCUT2D eigenvalue weighted by atomic mass is 9.92. The molecule has 37 heavy (non-hydrogen) atoms. The maximum absolute atomic E-state index is 13.6. The molecular weight excluding hydrogens is 464 g/mol. The second kappa shape index (κ2) is 9.49. The van der Waals surface area contributed by atoms with Gasteiger partial charge in [-0.2, -0.15) is 0 Å². The third kappa shape index (κ3) is 4.17. The van der Waals surface area contributed by atoms with Crippen LogP contribution in [-0.4, -0.2) is 64.4 Å². The lowest BCUT2D eigenvalue weighted by molar-refractivity contribution is 0.0669. The number of fused-ring (bicyclic) bond motifs is 2. The van der Waals surface area contributed by atoms with Crippen molar-refractivity contribution in [1.82, 2.24) is 24.3 Å². The number of likely N-dealkylation sites (tertiary alicyclic amines) is 1. The van der Waals surface area contributed by atoms with Gasteiger partial charge in [0.1, 0.15) is 17.1 Å². The van der Waals surface area contributed by atoms with Crippen molar-refractivity contribution >= 4 is 35.6 Å². The molecule has 3 aliphatic rings. The predicted molar refractivity (Wildman–Crippen MR) is 148 cm³/mol. The lowest BCUT2D eigenvalue weighted by Crippen LogP contribution is -2.48. The first-order valence-corrected chi connectivity index (χ1v) is 13.4. The number of ether oxygens (including phenoxy) is 1. The van der Waals surface area contributed by atoms with E-state index in [2.05, 4.69) is 38.3 Å². The molecule has 6 rings (SSSR count). The number of rotatable bonds is 7. The Morgan fingerprint density at radius 1 is 1.27 bits per heavy atom. The number of piperidine rings is 1. The third-order valence-corrected chi connectivity index (χ3v) is 8.33. The molecule has 1 saturated carbocycles. The molecule has 1 N–H and O–H groups in total. The number of methoxy groups -OCH3 is 1. The number of aromatic nitrogens is 3. The highest BCUT2D eigenvalue weighted by Gasteiger charge is 2.35. The number of nitrogens with zero attached hydrogens (tertiary/aromatic N) is 5. The highest BCUT2D eigenvalue weighted by Crippen LogP contribution is 2.40. The molecule has 3 fully saturated rings. The zero-order valence-corrected chi connectivity index (χ0v) is 22.0. The zero-order chi connectivity index (χ0) is 25.7. The maximum Gasteiger partial charge on any atom is 0.254 e. The van der Waals surface area contributed by atoms with Gasteiger partial charge in [0.25, 0.3) is 5.91 Å². The van der Waals surface area contributed by atoms with E-state index in [9.17, 15) is 4.79 Å². The van der Waals surface area contributed by atoms with E-state index in [0.29, 0.717) is 29.2 Å². The largest absolute Gasteiger partial charge is 0.494 e. The summed E-state index contributed by atoms with van der Waals surface area (Å²) in [6.45, 7) is 9.38. The molecule has 1 amide bonds. The molecule has 1 aromatic carbocycles. The number of hydrogen-bond acceptors (Lipinski definition) is 5. The Kier molecular flexibility index (Phi) is 6.15. The average Bonchev–Trinajstić information content (AvgIpc) is 3.34. The van der Waals surface area contributed by atoms with Crippen LogP contribution < -0.4 is 10.1 Å². The highest BCUT2D eigenvalue weighted by molar-refractivity contribution is 6.00. The van der Waals surface area contributed by atoms with Crippen molar-refractivity contribution < 1.29 is 9.53 Å². The van der Waals surface area contributed by atoms with Gasteiger partial charge in [-0.1, -0.05) is 12.2 Å². The Labute approximate surface area is 218 Å². The summed E-state index contributed by atoms with van der Waals surface area (Å²) in [7, 11) is 3.67. The van der Waals surface area contributed by atoms with Crippen molar-refractivity contribution in [1.29, 1.82) is 0 Å². The summed E-state index contributed by atoms with van der Waals surface area (Å²) < 4.78 is 10.1. The number of allylic oxidation sites excluding steroid dienone is 1. The minimum atomic E-state index is 0.0465. The Hall–Kier alpha value is -3.39. The number of hydrogen-bond donors (Lipinski definition) is 1. The minimum absolute atomic E-state index is 0.0465. The van der Waals surface area contributed by atoms with E-state index < -0.39 is 0 Å². The van der Waals surface area contributed by atoms with Crippen molar-refractivity contribution in [2.45, 2.75) is 45.2 Å². The van der Waals surface area contributed by atoms with E-state index in [1.54, 1.807) is 7.11 Å². The molecule has 2 aromatic heterocycles. The Morgan fingerprint density at radius 3 is 2.84 bits per heavy atom. The van der Waals surface area contributed by atoms with Gasteiger partial charge in [-0.3, -0.25) is 4.79 Å². The summed E-state index contributed by atoms with van der Waals surface area (Å²) in [6, 6.07) is 6.34. The van der Waals surface area contributed by atoms with Crippen molar-refractivity contribution in [3.8, 4) is 17.3 Å².